The number of nitrogens with two attached hydrogens (primary N) is 1. The molecule has 6 nitrogen and oxygen atoms in total. The SMILES string of the molecule is CCC(C)C(N)C(=O)Nc1nnc(C)c(C)n1. The summed E-state index contributed by atoms with van der Waals surface area (Å²) in [6, 6.07) is -0.551. The fraction of sp³-hybridized carbons (Fsp3) is 0.636. The van der Waals surface area contributed by atoms with Crippen molar-refractivity contribution in [2.45, 2.75) is 40.2 Å². The van der Waals surface area contributed by atoms with Crippen LogP contribution in [0.4, 0.5) is 5.95 Å². The van der Waals surface area contributed by atoms with Crippen LogP contribution in [-0.4, -0.2) is 27.1 Å². The lowest BCUT2D eigenvalue weighted by Gasteiger charge is -2.16. The third-order valence-electron chi connectivity index (χ3n) is 2.89. The second-order valence-electron chi connectivity index (χ2n) is 4.21. The van der Waals surface area contributed by atoms with Gasteiger partial charge in [0.15, 0.2) is 0 Å². The van der Waals surface area contributed by atoms with E-state index in [1.165, 1.54) is 0 Å². The Morgan fingerprint density at radius 3 is 2.53 bits per heavy atom. The molecule has 1 heterocycles. The topological polar surface area (TPSA) is 93.8 Å². The van der Waals surface area contributed by atoms with Gasteiger partial charge in [-0.3, -0.25) is 10.1 Å². The molecule has 1 rings (SSSR count). The molecule has 0 bridgehead atoms. The minimum absolute atomic E-state index is 0.120. The number of hydrogen-bond donors (Lipinski definition) is 2. The summed E-state index contributed by atoms with van der Waals surface area (Å²) in [5, 5.41) is 10.3. The number of anilines is 1. The highest BCUT2D eigenvalue weighted by Crippen LogP contribution is 2.08. The van der Waals surface area contributed by atoms with E-state index in [0.717, 1.165) is 17.8 Å². The van der Waals surface area contributed by atoms with Crippen LogP contribution in [0, 0.1) is 19.8 Å². The van der Waals surface area contributed by atoms with Gasteiger partial charge < -0.3 is 5.73 Å². The smallest absolute Gasteiger partial charge is 0.249 e. The lowest BCUT2D eigenvalue weighted by Crippen LogP contribution is -2.41. The van der Waals surface area contributed by atoms with Gasteiger partial charge in [0, 0.05) is 0 Å². The Labute approximate surface area is 101 Å². The van der Waals surface area contributed by atoms with E-state index in [9.17, 15) is 4.79 Å². The van der Waals surface area contributed by atoms with Crippen LogP contribution >= 0.6 is 0 Å². The zero-order chi connectivity index (χ0) is 13.0. The number of aryl methyl sites for hydroxylation is 2. The van der Waals surface area contributed by atoms with Gasteiger partial charge in [-0.15, -0.1) is 5.10 Å². The van der Waals surface area contributed by atoms with Gasteiger partial charge in [-0.25, -0.2) is 4.98 Å². The Morgan fingerprint density at radius 1 is 1.35 bits per heavy atom. The minimum atomic E-state index is -0.551. The Kier molecular flexibility index (Phi) is 4.51. The predicted octanol–water partition coefficient (Wildman–Crippen LogP) is 0.800. The Hall–Kier alpha value is -1.56. The van der Waals surface area contributed by atoms with Crippen LogP contribution in [0.1, 0.15) is 31.7 Å². The van der Waals surface area contributed by atoms with Crippen molar-refractivity contribution in [1.29, 1.82) is 0 Å². The van der Waals surface area contributed by atoms with Gasteiger partial charge in [-0.2, -0.15) is 5.10 Å². The third kappa shape index (κ3) is 3.45. The van der Waals surface area contributed by atoms with E-state index in [2.05, 4.69) is 20.5 Å². The Morgan fingerprint density at radius 2 is 2.00 bits per heavy atom. The second-order valence-corrected chi connectivity index (χ2v) is 4.21. The van der Waals surface area contributed by atoms with Gasteiger partial charge in [0.1, 0.15) is 0 Å². The quantitative estimate of drug-likeness (QED) is 0.807. The number of rotatable bonds is 4. The molecule has 0 aliphatic rings. The van der Waals surface area contributed by atoms with Crippen LogP contribution in [0.5, 0.6) is 0 Å². The van der Waals surface area contributed by atoms with Crippen LogP contribution in [0.3, 0.4) is 0 Å². The summed E-state index contributed by atoms with van der Waals surface area (Å²) >= 11 is 0. The van der Waals surface area contributed by atoms with E-state index in [1.54, 1.807) is 0 Å². The number of nitrogens with zero attached hydrogens (tertiary/aromatic N) is 3. The predicted molar refractivity (Wildman–Crippen MR) is 65.4 cm³/mol. The molecule has 1 amide bonds. The van der Waals surface area contributed by atoms with E-state index in [1.807, 2.05) is 27.7 Å². The molecule has 0 aliphatic heterocycles. The summed E-state index contributed by atoms with van der Waals surface area (Å²) in [6.07, 6.45) is 0.848. The molecule has 0 saturated carbocycles. The average molecular weight is 237 g/mol. The van der Waals surface area contributed by atoms with Gasteiger partial charge in [0.25, 0.3) is 0 Å². The van der Waals surface area contributed by atoms with Crippen LogP contribution in [0.25, 0.3) is 0 Å². The maximum atomic E-state index is 11.8. The fourth-order valence-corrected chi connectivity index (χ4v) is 1.22. The van der Waals surface area contributed by atoms with Gasteiger partial charge in [-0.1, -0.05) is 20.3 Å². The van der Waals surface area contributed by atoms with Gasteiger partial charge in [0.05, 0.1) is 17.4 Å². The van der Waals surface area contributed by atoms with Crippen LogP contribution in [0.2, 0.25) is 0 Å². The Balaban J connectivity index is 2.71. The first-order valence-corrected chi connectivity index (χ1v) is 5.70. The van der Waals surface area contributed by atoms with Crippen molar-refractivity contribution in [1.82, 2.24) is 15.2 Å². The third-order valence-corrected chi connectivity index (χ3v) is 2.89. The molecule has 6 heteroatoms. The standard InChI is InChI=1S/C11H19N5O/c1-5-6(2)9(12)10(17)14-11-13-7(3)8(4)15-16-11/h6,9H,5,12H2,1-4H3,(H,13,14,16,17). The van der Waals surface area contributed by atoms with Crippen molar-refractivity contribution < 1.29 is 4.79 Å². The highest BCUT2D eigenvalue weighted by molar-refractivity contribution is 5.93. The highest BCUT2D eigenvalue weighted by Gasteiger charge is 2.20. The molecule has 2 unspecified atom stereocenters. The molecule has 0 aliphatic carbocycles. The summed E-state index contributed by atoms with van der Waals surface area (Å²) in [6.45, 7) is 7.55. The Bertz CT molecular complexity index is 407. The van der Waals surface area contributed by atoms with E-state index in [-0.39, 0.29) is 17.8 Å². The minimum Gasteiger partial charge on any atom is -0.320 e. The molecule has 3 N–H and O–H groups in total. The van der Waals surface area contributed by atoms with Crippen LogP contribution in [-0.2, 0) is 4.79 Å². The largest absolute Gasteiger partial charge is 0.320 e. The molecular weight excluding hydrogens is 218 g/mol. The second kappa shape index (κ2) is 5.67. The van der Waals surface area contributed by atoms with Crippen LogP contribution < -0.4 is 11.1 Å². The molecule has 0 radical (unpaired) electrons. The average Bonchev–Trinajstić information content (AvgIpc) is 2.31. The molecule has 1 aromatic rings. The van der Waals surface area contributed by atoms with E-state index < -0.39 is 6.04 Å². The summed E-state index contributed by atoms with van der Waals surface area (Å²) in [5.74, 6) is 0.0516. The van der Waals surface area contributed by atoms with Crippen molar-refractivity contribution in [2.75, 3.05) is 5.32 Å². The lowest BCUT2D eigenvalue weighted by molar-refractivity contribution is -0.118. The molecular formula is C11H19N5O. The van der Waals surface area contributed by atoms with E-state index in [4.69, 9.17) is 5.73 Å². The molecule has 0 aromatic carbocycles. The molecule has 2 atom stereocenters. The van der Waals surface area contributed by atoms with Crippen molar-refractivity contribution in [3.63, 3.8) is 0 Å². The fourth-order valence-electron chi connectivity index (χ4n) is 1.22. The molecule has 94 valence electrons. The van der Waals surface area contributed by atoms with Crippen molar-refractivity contribution in [2.24, 2.45) is 11.7 Å². The van der Waals surface area contributed by atoms with E-state index in [0.29, 0.717) is 0 Å². The zero-order valence-corrected chi connectivity index (χ0v) is 10.7. The summed E-state index contributed by atoms with van der Waals surface area (Å²) in [7, 11) is 0. The van der Waals surface area contributed by atoms with Crippen LogP contribution in [0.15, 0.2) is 0 Å². The number of nitrogens with one attached hydrogen (secondary N) is 1. The van der Waals surface area contributed by atoms with E-state index >= 15 is 0 Å². The van der Waals surface area contributed by atoms with Crippen molar-refractivity contribution in [3.8, 4) is 0 Å². The van der Waals surface area contributed by atoms with Crippen molar-refractivity contribution >= 4 is 11.9 Å². The summed E-state index contributed by atoms with van der Waals surface area (Å²) < 4.78 is 0. The molecule has 0 spiro atoms. The molecule has 0 saturated heterocycles. The molecule has 17 heavy (non-hydrogen) atoms. The van der Waals surface area contributed by atoms with Gasteiger partial charge in [0.2, 0.25) is 11.9 Å². The molecule has 1 aromatic heterocycles. The first kappa shape index (κ1) is 13.5. The first-order valence-electron chi connectivity index (χ1n) is 5.70. The summed E-state index contributed by atoms with van der Waals surface area (Å²) in [4.78, 5) is 15.9. The zero-order valence-electron chi connectivity index (χ0n) is 10.7. The molecule has 0 fully saturated rings. The normalized spacial score (nSPS) is 14.2. The maximum absolute atomic E-state index is 11.8. The maximum Gasteiger partial charge on any atom is 0.249 e. The first-order chi connectivity index (χ1) is 7.95. The highest BCUT2D eigenvalue weighted by atomic mass is 16.2. The number of hydrogen-bond acceptors (Lipinski definition) is 5. The number of amides is 1. The van der Waals surface area contributed by atoms with Crippen molar-refractivity contribution in [3.05, 3.63) is 11.4 Å². The van der Waals surface area contributed by atoms with Gasteiger partial charge in [-0.05, 0) is 19.8 Å². The lowest BCUT2D eigenvalue weighted by atomic mass is 10.00. The summed E-state index contributed by atoms with van der Waals surface area (Å²) in [5.41, 5.74) is 7.29. The number of carbonyl (C=O) groups is 1. The monoisotopic (exact) mass is 237 g/mol. The number of aromatic nitrogens is 3. The number of carbonyl (C=O) groups excluding carboxylic acids is 1. The van der Waals surface area contributed by atoms with Gasteiger partial charge >= 0.3 is 0 Å².